The summed E-state index contributed by atoms with van der Waals surface area (Å²) in [6.45, 7) is 12.9. The molecule has 0 amide bonds. The molecule has 1 nitrogen and oxygen atoms in total. The zero-order valence-electron chi connectivity index (χ0n) is 13.4. The first-order valence-electron chi connectivity index (χ1n) is 7.72. The van der Waals surface area contributed by atoms with Crippen LogP contribution in [0, 0.1) is 11.8 Å². The summed E-state index contributed by atoms with van der Waals surface area (Å²) < 4.78 is 0. The predicted molar refractivity (Wildman–Crippen MR) is 88.0 cm³/mol. The van der Waals surface area contributed by atoms with Crippen LogP contribution in [0.4, 0.5) is 0 Å². The van der Waals surface area contributed by atoms with E-state index in [9.17, 15) is 4.79 Å². The summed E-state index contributed by atoms with van der Waals surface area (Å²) in [7, 11) is 0. The first kappa shape index (κ1) is 16.7. The van der Waals surface area contributed by atoms with Gasteiger partial charge in [-0.1, -0.05) is 58.5 Å². The minimum absolute atomic E-state index is 0.250. The molecule has 0 N–H and O–H groups in total. The molecule has 1 aromatic carbocycles. The lowest BCUT2D eigenvalue weighted by Crippen LogP contribution is -2.05. The lowest BCUT2D eigenvalue weighted by Gasteiger charge is -2.13. The van der Waals surface area contributed by atoms with E-state index in [2.05, 4.69) is 34.3 Å². The highest BCUT2D eigenvalue weighted by atomic mass is 16.1. The number of rotatable bonds is 8. The molecule has 0 bridgehead atoms. The van der Waals surface area contributed by atoms with E-state index in [-0.39, 0.29) is 5.78 Å². The van der Waals surface area contributed by atoms with Crippen molar-refractivity contribution in [3.05, 3.63) is 42.0 Å². The molecular weight excluding hydrogens is 244 g/mol. The average Bonchev–Trinajstić information content (AvgIpc) is 2.42. The van der Waals surface area contributed by atoms with Crippen molar-refractivity contribution in [3.63, 3.8) is 0 Å². The van der Waals surface area contributed by atoms with E-state index in [0.29, 0.717) is 18.3 Å². The van der Waals surface area contributed by atoms with Crippen LogP contribution in [0.25, 0.3) is 5.57 Å². The molecule has 1 heteroatoms. The molecule has 0 aliphatic heterocycles. The molecule has 1 rings (SSSR count). The van der Waals surface area contributed by atoms with Crippen LogP contribution in [0.1, 0.15) is 69.3 Å². The molecular formula is C19H28O. The van der Waals surface area contributed by atoms with Crippen LogP contribution in [-0.4, -0.2) is 5.78 Å². The highest BCUT2D eigenvalue weighted by Crippen LogP contribution is 2.25. The Kier molecular flexibility index (Phi) is 6.70. The van der Waals surface area contributed by atoms with Gasteiger partial charge in [-0.05, 0) is 42.2 Å². The third kappa shape index (κ3) is 5.32. The molecule has 1 aromatic rings. The highest BCUT2D eigenvalue weighted by molar-refractivity contribution is 6.00. The Morgan fingerprint density at radius 2 is 1.45 bits per heavy atom. The lowest BCUT2D eigenvalue weighted by molar-refractivity contribution is 0.0975. The van der Waals surface area contributed by atoms with Crippen LogP contribution >= 0.6 is 0 Å². The molecule has 0 aliphatic carbocycles. The van der Waals surface area contributed by atoms with Crippen LogP contribution in [-0.2, 0) is 0 Å². The molecule has 0 atom stereocenters. The first-order valence-corrected chi connectivity index (χ1v) is 7.72. The number of allylic oxidation sites excluding steroid dienone is 1. The normalized spacial score (nSPS) is 11.1. The zero-order valence-corrected chi connectivity index (χ0v) is 13.4. The van der Waals surface area contributed by atoms with E-state index >= 15 is 0 Å². The summed E-state index contributed by atoms with van der Waals surface area (Å²) in [5, 5.41) is 0. The second-order valence-electron chi connectivity index (χ2n) is 6.44. The fourth-order valence-corrected chi connectivity index (χ4v) is 2.19. The van der Waals surface area contributed by atoms with Crippen LogP contribution in [0.15, 0.2) is 30.8 Å². The fourth-order valence-electron chi connectivity index (χ4n) is 2.19. The van der Waals surface area contributed by atoms with Crippen LogP contribution in [0.5, 0.6) is 0 Å². The van der Waals surface area contributed by atoms with Crippen molar-refractivity contribution in [2.24, 2.45) is 11.8 Å². The third-order valence-corrected chi connectivity index (χ3v) is 3.58. The average molecular weight is 272 g/mol. The molecule has 0 fully saturated rings. The van der Waals surface area contributed by atoms with E-state index in [0.717, 1.165) is 36.0 Å². The molecule has 110 valence electrons. The van der Waals surface area contributed by atoms with Crippen molar-refractivity contribution in [3.8, 4) is 0 Å². The van der Waals surface area contributed by atoms with Crippen LogP contribution in [0.2, 0.25) is 0 Å². The Balaban J connectivity index is 2.82. The van der Waals surface area contributed by atoms with Gasteiger partial charge in [0, 0.05) is 12.0 Å². The first-order chi connectivity index (χ1) is 9.41. The van der Waals surface area contributed by atoms with Gasteiger partial charge in [0.05, 0.1) is 0 Å². The summed E-state index contributed by atoms with van der Waals surface area (Å²) in [6.07, 6.45) is 3.66. The standard InChI is InChI=1S/C19H28O/c1-14(2)10-12-16(5)17-8-6-7-9-18(17)19(20)13-11-15(3)4/h6-9,14-15H,5,10-13H2,1-4H3. The largest absolute Gasteiger partial charge is 0.294 e. The predicted octanol–water partition coefficient (Wildman–Crippen LogP) is 5.75. The summed E-state index contributed by atoms with van der Waals surface area (Å²) >= 11 is 0. The quantitative estimate of drug-likeness (QED) is 0.550. The highest BCUT2D eigenvalue weighted by Gasteiger charge is 2.13. The van der Waals surface area contributed by atoms with E-state index < -0.39 is 0 Å². The number of carbonyl (C=O) groups is 1. The Morgan fingerprint density at radius 1 is 0.950 bits per heavy atom. The molecule has 0 saturated heterocycles. The Labute approximate surface area is 124 Å². The molecule has 0 aromatic heterocycles. The summed E-state index contributed by atoms with van der Waals surface area (Å²) in [5.41, 5.74) is 2.98. The number of ketones is 1. The van der Waals surface area contributed by atoms with E-state index in [1.807, 2.05) is 24.3 Å². The van der Waals surface area contributed by atoms with Gasteiger partial charge >= 0.3 is 0 Å². The zero-order chi connectivity index (χ0) is 15.1. The van der Waals surface area contributed by atoms with Gasteiger partial charge in [0.25, 0.3) is 0 Å². The Bertz CT molecular complexity index is 412. The van der Waals surface area contributed by atoms with Gasteiger partial charge in [-0.15, -0.1) is 0 Å². The molecule has 0 heterocycles. The second-order valence-corrected chi connectivity index (χ2v) is 6.44. The van der Waals surface area contributed by atoms with Gasteiger partial charge in [0.2, 0.25) is 0 Å². The fraction of sp³-hybridized carbons (Fsp3) is 0.526. The van der Waals surface area contributed by atoms with E-state index in [1.165, 1.54) is 0 Å². The van der Waals surface area contributed by atoms with Gasteiger partial charge in [0.15, 0.2) is 5.78 Å². The van der Waals surface area contributed by atoms with Crippen molar-refractivity contribution in [1.29, 1.82) is 0 Å². The number of carbonyl (C=O) groups excluding carboxylic acids is 1. The number of hydrogen-bond acceptors (Lipinski definition) is 1. The molecule has 0 spiro atoms. The molecule has 20 heavy (non-hydrogen) atoms. The number of Topliss-reactive ketones (excluding diaryl/α,β-unsaturated/α-hetero) is 1. The Morgan fingerprint density at radius 3 is 2.00 bits per heavy atom. The smallest absolute Gasteiger partial charge is 0.163 e. The maximum Gasteiger partial charge on any atom is 0.163 e. The molecule has 0 radical (unpaired) electrons. The SMILES string of the molecule is C=C(CCC(C)C)c1ccccc1C(=O)CCC(C)C. The van der Waals surface area contributed by atoms with Crippen molar-refractivity contribution >= 4 is 11.4 Å². The third-order valence-electron chi connectivity index (χ3n) is 3.58. The lowest BCUT2D eigenvalue weighted by atomic mass is 9.91. The van der Waals surface area contributed by atoms with Crippen molar-refractivity contribution in [1.82, 2.24) is 0 Å². The number of benzene rings is 1. The van der Waals surface area contributed by atoms with Crippen molar-refractivity contribution in [2.75, 3.05) is 0 Å². The maximum atomic E-state index is 12.4. The second kappa shape index (κ2) is 8.04. The van der Waals surface area contributed by atoms with E-state index in [1.54, 1.807) is 0 Å². The summed E-state index contributed by atoms with van der Waals surface area (Å²) in [4.78, 5) is 12.4. The Hall–Kier alpha value is -1.37. The minimum Gasteiger partial charge on any atom is -0.294 e. The molecule has 0 unspecified atom stereocenters. The van der Waals surface area contributed by atoms with Gasteiger partial charge < -0.3 is 0 Å². The molecule has 0 aliphatic rings. The van der Waals surface area contributed by atoms with Gasteiger partial charge in [-0.3, -0.25) is 4.79 Å². The van der Waals surface area contributed by atoms with E-state index in [4.69, 9.17) is 0 Å². The topological polar surface area (TPSA) is 17.1 Å². The minimum atomic E-state index is 0.250. The van der Waals surface area contributed by atoms with Crippen LogP contribution in [0.3, 0.4) is 0 Å². The van der Waals surface area contributed by atoms with Gasteiger partial charge in [0.1, 0.15) is 0 Å². The monoisotopic (exact) mass is 272 g/mol. The van der Waals surface area contributed by atoms with Crippen LogP contribution < -0.4 is 0 Å². The van der Waals surface area contributed by atoms with Crippen molar-refractivity contribution in [2.45, 2.75) is 53.4 Å². The summed E-state index contributed by atoms with van der Waals surface area (Å²) in [6, 6.07) is 7.92. The summed E-state index contributed by atoms with van der Waals surface area (Å²) in [5.74, 6) is 1.48. The van der Waals surface area contributed by atoms with Crippen molar-refractivity contribution < 1.29 is 4.79 Å². The maximum absolute atomic E-state index is 12.4. The van der Waals surface area contributed by atoms with Gasteiger partial charge in [-0.25, -0.2) is 0 Å². The van der Waals surface area contributed by atoms with Gasteiger partial charge in [-0.2, -0.15) is 0 Å². The molecule has 0 saturated carbocycles. The number of hydrogen-bond donors (Lipinski definition) is 0.